The lowest BCUT2D eigenvalue weighted by atomic mass is 10.1. The quantitative estimate of drug-likeness (QED) is 0.377. The van der Waals surface area contributed by atoms with Gasteiger partial charge in [0.2, 0.25) is 0 Å². The molecule has 2 amide bonds. The molecule has 1 heterocycles. The first-order chi connectivity index (χ1) is 15.0. The number of nitrogens with zero attached hydrogens (tertiary/aromatic N) is 1. The van der Waals surface area contributed by atoms with Crippen molar-refractivity contribution in [1.82, 2.24) is 4.90 Å². The number of likely N-dealkylation sites (N-methyl/N-ethyl adjacent to an activating group) is 1. The van der Waals surface area contributed by atoms with Gasteiger partial charge in [0.15, 0.2) is 11.5 Å². The molecule has 0 radical (unpaired) electrons. The van der Waals surface area contributed by atoms with E-state index in [0.717, 1.165) is 28.3 Å². The van der Waals surface area contributed by atoms with Gasteiger partial charge >= 0.3 is 0 Å². The van der Waals surface area contributed by atoms with Gasteiger partial charge in [0.05, 0.1) is 16.5 Å². The molecule has 5 nitrogen and oxygen atoms in total. The van der Waals surface area contributed by atoms with Gasteiger partial charge in [-0.25, -0.2) is 0 Å². The van der Waals surface area contributed by atoms with Crippen molar-refractivity contribution in [3.63, 3.8) is 0 Å². The normalized spacial score (nSPS) is 15.2. The van der Waals surface area contributed by atoms with Crippen molar-refractivity contribution in [3.8, 4) is 11.5 Å². The Hall–Kier alpha value is -2.77. The van der Waals surface area contributed by atoms with Crippen LogP contribution in [0.4, 0.5) is 4.79 Å². The fourth-order valence-electron chi connectivity index (χ4n) is 3.37. The van der Waals surface area contributed by atoms with E-state index in [1.165, 1.54) is 10.3 Å². The molecule has 0 spiro atoms. The molecule has 3 aromatic rings. The number of carbonyl (C=O) groups excluding carboxylic acids is 2. The third-order valence-corrected chi connectivity index (χ3v) is 6.43. The van der Waals surface area contributed by atoms with Crippen molar-refractivity contribution < 1.29 is 19.1 Å². The maximum Gasteiger partial charge on any atom is 0.293 e. The number of hydrogen-bond donors (Lipinski definition) is 0. The summed E-state index contributed by atoms with van der Waals surface area (Å²) in [4.78, 5) is 25.9. The first-order valence-electron chi connectivity index (χ1n) is 9.73. The topological polar surface area (TPSA) is 55.8 Å². The number of rotatable bonds is 6. The number of hydrogen-bond acceptors (Lipinski definition) is 5. The van der Waals surface area contributed by atoms with Crippen LogP contribution in [0.2, 0.25) is 0 Å². The SMILES string of the molecule is CCN1C(=O)S/C(=C/c2cc(Br)c(OCc3ccc4ccccc4c3)c(OC)c2)C1=O. The predicted molar refractivity (Wildman–Crippen MR) is 127 cm³/mol. The van der Waals surface area contributed by atoms with Crippen molar-refractivity contribution in [2.45, 2.75) is 13.5 Å². The fraction of sp³-hybridized carbons (Fsp3) is 0.167. The number of thioether (sulfide) groups is 1. The molecule has 0 N–H and O–H groups in total. The number of benzene rings is 3. The smallest absolute Gasteiger partial charge is 0.293 e. The lowest BCUT2D eigenvalue weighted by Crippen LogP contribution is -2.27. The minimum absolute atomic E-state index is 0.250. The van der Waals surface area contributed by atoms with Crippen molar-refractivity contribution in [2.75, 3.05) is 13.7 Å². The van der Waals surface area contributed by atoms with Gasteiger partial charge in [0.25, 0.3) is 11.1 Å². The molecule has 3 aromatic carbocycles. The van der Waals surface area contributed by atoms with Crippen LogP contribution >= 0.6 is 27.7 Å². The van der Waals surface area contributed by atoms with E-state index in [2.05, 4.69) is 40.2 Å². The van der Waals surface area contributed by atoms with Crippen LogP contribution in [0.25, 0.3) is 16.8 Å². The first kappa shape index (κ1) is 21.5. The van der Waals surface area contributed by atoms with Crippen LogP contribution in [0.5, 0.6) is 11.5 Å². The van der Waals surface area contributed by atoms with Crippen molar-refractivity contribution in [3.05, 3.63) is 75.1 Å². The Kier molecular flexibility index (Phi) is 6.34. The molecule has 7 heteroatoms. The lowest BCUT2D eigenvalue weighted by molar-refractivity contribution is -0.122. The molecule has 0 saturated carbocycles. The molecule has 1 aliphatic rings. The number of carbonyl (C=O) groups is 2. The Morgan fingerprint density at radius 2 is 1.84 bits per heavy atom. The summed E-state index contributed by atoms with van der Waals surface area (Å²) >= 11 is 4.49. The Bertz CT molecular complexity index is 1210. The number of imide groups is 1. The summed E-state index contributed by atoms with van der Waals surface area (Å²) in [5, 5.41) is 2.09. The summed E-state index contributed by atoms with van der Waals surface area (Å²) in [6, 6.07) is 18.0. The zero-order valence-electron chi connectivity index (χ0n) is 17.1. The van der Waals surface area contributed by atoms with Gasteiger partial charge in [-0.3, -0.25) is 14.5 Å². The minimum Gasteiger partial charge on any atom is -0.493 e. The molecule has 1 aliphatic heterocycles. The van der Waals surface area contributed by atoms with Crippen LogP contribution in [0.3, 0.4) is 0 Å². The highest BCUT2D eigenvalue weighted by Crippen LogP contribution is 2.39. The van der Waals surface area contributed by atoms with Gasteiger partial charge in [-0.15, -0.1) is 0 Å². The van der Waals surface area contributed by atoms with Gasteiger partial charge < -0.3 is 9.47 Å². The molecule has 158 valence electrons. The van der Waals surface area contributed by atoms with E-state index >= 15 is 0 Å². The lowest BCUT2D eigenvalue weighted by Gasteiger charge is -2.14. The molecule has 0 unspecified atom stereocenters. The Morgan fingerprint density at radius 1 is 1.06 bits per heavy atom. The predicted octanol–water partition coefficient (Wildman–Crippen LogP) is 6.25. The Balaban J connectivity index is 1.57. The van der Waals surface area contributed by atoms with Gasteiger partial charge in [-0.2, -0.15) is 0 Å². The Labute approximate surface area is 193 Å². The average molecular weight is 498 g/mol. The highest BCUT2D eigenvalue weighted by atomic mass is 79.9. The molecule has 0 bridgehead atoms. The average Bonchev–Trinajstić information content (AvgIpc) is 3.04. The first-order valence-corrected chi connectivity index (χ1v) is 11.3. The van der Waals surface area contributed by atoms with Crippen molar-refractivity contribution in [1.29, 1.82) is 0 Å². The maximum absolute atomic E-state index is 12.4. The minimum atomic E-state index is -0.274. The zero-order chi connectivity index (χ0) is 22.0. The van der Waals surface area contributed by atoms with E-state index in [-0.39, 0.29) is 11.1 Å². The van der Waals surface area contributed by atoms with E-state index in [4.69, 9.17) is 9.47 Å². The molecule has 0 aromatic heterocycles. The van der Waals surface area contributed by atoms with Crippen molar-refractivity contribution in [2.24, 2.45) is 0 Å². The maximum atomic E-state index is 12.4. The van der Waals surface area contributed by atoms with Gasteiger partial charge in [0.1, 0.15) is 6.61 Å². The Morgan fingerprint density at radius 3 is 2.55 bits per heavy atom. The van der Waals surface area contributed by atoms with Crippen LogP contribution in [-0.2, 0) is 11.4 Å². The summed E-state index contributed by atoms with van der Waals surface area (Å²) in [7, 11) is 1.57. The van der Waals surface area contributed by atoms with Crippen LogP contribution in [0.1, 0.15) is 18.1 Å². The molecule has 0 aliphatic carbocycles. The summed E-state index contributed by atoms with van der Waals surface area (Å²) in [6.07, 6.45) is 1.70. The summed E-state index contributed by atoms with van der Waals surface area (Å²) in [5.74, 6) is 0.842. The zero-order valence-corrected chi connectivity index (χ0v) is 19.5. The van der Waals surface area contributed by atoms with Crippen LogP contribution in [-0.4, -0.2) is 29.7 Å². The second kappa shape index (κ2) is 9.16. The molecule has 4 rings (SSSR count). The van der Waals surface area contributed by atoms with E-state index in [1.54, 1.807) is 26.2 Å². The summed E-state index contributed by atoms with van der Waals surface area (Å²) < 4.78 is 12.3. The third-order valence-electron chi connectivity index (χ3n) is 4.94. The fourth-order valence-corrected chi connectivity index (χ4v) is 4.85. The number of ether oxygens (including phenoxy) is 2. The molecule has 1 saturated heterocycles. The standard InChI is InChI=1S/C24H20BrNO4S/c1-3-26-23(27)21(31-24(26)28)13-16-11-19(25)22(20(12-16)29-2)30-14-15-8-9-17-6-4-5-7-18(17)10-15/h4-13H,3,14H2,1-2H3/b21-13+. The highest BCUT2D eigenvalue weighted by Gasteiger charge is 2.33. The van der Waals surface area contributed by atoms with Crippen molar-refractivity contribution >= 4 is 55.7 Å². The van der Waals surface area contributed by atoms with Gasteiger partial charge in [-0.1, -0.05) is 36.4 Å². The van der Waals surface area contributed by atoms with Crippen LogP contribution in [0.15, 0.2) is 64.0 Å². The third kappa shape index (κ3) is 4.48. The number of amides is 2. The van der Waals surface area contributed by atoms with E-state index in [9.17, 15) is 9.59 Å². The van der Waals surface area contributed by atoms with Gasteiger partial charge in [0, 0.05) is 6.54 Å². The largest absolute Gasteiger partial charge is 0.493 e. The van der Waals surface area contributed by atoms with Crippen LogP contribution in [0, 0.1) is 0 Å². The summed E-state index contributed by atoms with van der Waals surface area (Å²) in [6.45, 7) is 2.52. The van der Waals surface area contributed by atoms with E-state index < -0.39 is 0 Å². The number of halogens is 1. The van der Waals surface area contributed by atoms with Gasteiger partial charge in [-0.05, 0) is 80.8 Å². The second-order valence-electron chi connectivity index (χ2n) is 6.93. The summed E-state index contributed by atoms with van der Waals surface area (Å²) in [5.41, 5.74) is 1.79. The monoisotopic (exact) mass is 497 g/mol. The molecule has 31 heavy (non-hydrogen) atoms. The number of methoxy groups -OCH3 is 1. The molecule has 0 atom stereocenters. The number of fused-ring (bicyclic) bond motifs is 1. The molecule has 1 fully saturated rings. The van der Waals surface area contributed by atoms with E-state index in [1.807, 2.05) is 24.3 Å². The van der Waals surface area contributed by atoms with E-state index in [0.29, 0.717) is 34.0 Å². The second-order valence-corrected chi connectivity index (χ2v) is 8.78. The highest BCUT2D eigenvalue weighted by molar-refractivity contribution is 9.10. The molecular weight excluding hydrogens is 478 g/mol. The molecular formula is C24H20BrNO4S. The van der Waals surface area contributed by atoms with Crippen LogP contribution < -0.4 is 9.47 Å².